The number of benzene rings is 1. The van der Waals surface area contributed by atoms with Gasteiger partial charge in [-0.15, -0.1) is 0 Å². The van der Waals surface area contributed by atoms with E-state index in [0.717, 1.165) is 32.1 Å². The monoisotopic (exact) mass is 759 g/mol. The first-order valence-electron chi connectivity index (χ1n) is 19.4. The van der Waals surface area contributed by atoms with E-state index in [4.69, 9.17) is 0 Å². The van der Waals surface area contributed by atoms with Crippen molar-refractivity contribution in [3.8, 4) is 0 Å². The number of aliphatic carboxylic acids is 1. The number of rotatable bonds is 16. The third kappa shape index (κ3) is 9.19. The second-order valence-electron chi connectivity index (χ2n) is 15.6. The van der Waals surface area contributed by atoms with Gasteiger partial charge in [-0.25, -0.2) is 9.78 Å². The molecule has 1 aromatic carbocycles. The van der Waals surface area contributed by atoms with Crippen LogP contribution in [0.4, 0.5) is 0 Å². The highest BCUT2D eigenvalue weighted by Gasteiger charge is 2.62. The molecular weight excluding hydrogens is 706 g/mol. The van der Waals surface area contributed by atoms with Gasteiger partial charge in [0.1, 0.15) is 29.9 Å². The SMILES string of the molecule is CCCC(NC(=O)[C@@H]1[C@@H](CC)CC2N1C(=O)[C@@H](NC(=O)[C@@H](NC(=O)c1cnccn1)C1CCCCC1)C2(C)C)C(=O)C(=O)N[C@@H](Cc1ccccc1)C(=O)O. The third-order valence-electron chi connectivity index (χ3n) is 11.6. The number of carboxylic acids is 1. The molecule has 0 radical (unpaired) electrons. The Morgan fingerprint density at radius 3 is 2.27 bits per heavy atom. The molecule has 55 heavy (non-hydrogen) atoms. The lowest BCUT2D eigenvalue weighted by molar-refractivity contribution is -0.145. The maximum Gasteiger partial charge on any atom is 0.326 e. The van der Waals surface area contributed by atoms with E-state index in [9.17, 15) is 38.7 Å². The summed E-state index contributed by atoms with van der Waals surface area (Å²) in [5.74, 6) is -5.89. The van der Waals surface area contributed by atoms with E-state index in [1.165, 1.54) is 23.5 Å². The summed E-state index contributed by atoms with van der Waals surface area (Å²) in [6.07, 6.45) is 10.0. The minimum atomic E-state index is -1.37. The van der Waals surface area contributed by atoms with Crippen molar-refractivity contribution in [2.75, 3.05) is 0 Å². The minimum Gasteiger partial charge on any atom is -0.480 e. The number of amides is 5. The van der Waals surface area contributed by atoms with Crippen LogP contribution in [-0.2, 0) is 35.2 Å². The molecule has 15 heteroatoms. The Morgan fingerprint density at radius 2 is 1.65 bits per heavy atom. The van der Waals surface area contributed by atoms with Gasteiger partial charge in [-0.1, -0.05) is 90.1 Å². The summed E-state index contributed by atoms with van der Waals surface area (Å²) in [4.78, 5) is 104. The average Bonchev–Trinajstić information content (AvgIpc) is 3.67. The first-order valence-corrected chi connectivity index (χ1v) is 19.4. The van der Waals surface area contributed by atoms with Crippen LogP contribution in [0, 0.1) is 17.3 Å². The number of hydrogen-bond acceptors (Lipinski definition) is 9. The number of carbonyl (C=O) groups is 7. The van der Waals surface area contributed by atoms with Gasteiger partial charge in [0.2, 0.25) is 23.5 Å². The number of aromatic nitrogens is 2. The molecule has 3 heterocycles. The molecule has 0 spiro atoms. The zero-order valence-electron chi connectivity index (χ0n) is 32.0. The largest absolute Gasteiger partial charge is 0.480 e. The van der Waals surface area contributed by atoms with Crippen molar-refractivity contribution in [3.63, 3.8) is 0 Å². The second-order valence-corrected chi connectivity index (χ2v) is 15.6. The van der Waals surface area contributed by atoms with Crippen molar-refractivity contribution in [1.29, 1.82) is 0 Å². The number of fused-ring (bicyclic) bond motifs is 1. The molecule has 5 N–H and O–H groups in total. The van der Waals surface area contributed by atoms with E-state index < -0.39 is 83.0 Å². The van der Waals surface area contributed by atoms with Crippen LogP contribution >= 0.6 is 0 Å². The fourth-order valence-corrected chi connectivity index (χ4v) is 8.52. The Hall–Kier alpha value is -5.21. The molecule has 3 fully saturated rings. The minimum absolute atomic E-state index is 0.0400. The van der Waals surface area contributed by atoms with Crippen LogP contribution in [0.5, 0.6) is 0 Å². The second kappa shape index (κ2) is 17.9. The van der Waals surface area contributed by atoms with Crippen molar-refractivity contribution < 1.29 is 38.7 Å². The molecule has 1 saturated carbocycles. The first-order chi connectivity index (χ1) is 26.3. The molecule has 1 aliphatic carbocycles. The van der Waals surface area contributed by atoms with E-state index in [1.54, 1.807) is 37.3 Å². The van der Waals surface area contributed by atoms with Gasteiger partial charge in [0.05, 0.1) is 12.2 Å². The molecule has 1 aromatic heterocycles. The molecule has 5 rings (SSSR count). The molecule has 2 aromatic rings. The van der Waals surface area contributed by atoms with E-state index in [2.05, 4.69) is 31.2 Å². The molecular formula is C40H53N7O8. The first kappa shape index (κ1) is 41.0. The molecule has 2 unspecified atom stereocenters. The molecule has 296 valence electrons. The summed E-state index contributed by atoms with van der Waals surface area (Å²) in [6, 6.07) is 2.74. The number of carboxylic acid groups (broad SMARTS) is 1. The highest BCUT2D eigenvalue weighted by Crippen LogP contribution is 2.48. The van der Waals surface area contributed by atoms with Crippen LogP contribution < -0.4 is 21.3 Å². The summed E-state index contributed by atoms with van der Waals surface area (Å²) in [5, 5.41) is 20.7. The summed E-state index contributed by atoms with van der Waals surface area (Å²) in [6.45, 7) is 7.46. The third-order valence-corrected chi connectivity index (χ3v) is 11.6. The molecule has 7 atom stereocenters. The molecule has 2 aliphatic heterocycles. The van der Waals surface area contributed by atoms with Gasteiger partial charge < -0.3 is 31.3 Å². The number of hydrogen-bond donors (Lipinski definition) is 5. The van der Waals surface area contributed by atoms with Crippen molar-refractivity contribution >= 4 is 41.3 Å². The smallest absolute Gasteiger partial charge is 0.326 e. The van der Waals surface area contributed by atoms with E-state index in [-0.39, 0.29) is 30.4 Å². The molecule has 0 bridgehead atoms. The van der Waals surface area contributed by atoms with Gasteiger partial charge in [0, 0.05) is 30.3 Å². The van der Waals surface area contributed by atoms with Gasteiger partial charge in [0.15, 0.2) is 0 Å². The molecule has 2 saturated heterocycles. The zero-order valence-corrected chi connectivity index (χ0v) is 32.0. The highest BCUT2D eigenvalue weighted by atomic mass is 16.4. The summed E-state index contributed by atoms with van der Waals surface area (Å²) in [7, 11) is 0. The molecule has 3 aliphatic rings. The van der Waals surface area contributed by atoms with Gasteiger partial charge in [0.25, 0.3) is 11.8 Å². The Labute approximate surface area is 321 Å². The predicted octanol–water partition coefficient (Wildman–Crippen LogP) is 2.34. The standard InChI is InChI=1S/C40H53N7O8/c1-5-13-26(32(48)37(52)44-27(39(54)55)20-23-14-9-7-10-15-23)43-36(51)31-24(6-2)21-29-40(3,4)33(38(53)47(29)31)46-35(50)30(25-16-11-8-12-17-25)45-34(49)28-22-41-18-19-42-28/h7,9-10,14-15,18-19,22,24-27,29-31,33H,5-6,8,11-13,16-17,20-21H2,1-4H3,(H,43,51)(H,44,52)(H,45,49)(H,46,50)(H,54,55)/t24-,26?,27-,29?,30-,31-,33+/m0/s1. The van der Waals surface area contributed by atoms with Gasteiger partial charge in [-0.05, 0) is 43.1 Å². The maximum atomic E-state index is 14.4. The van der Waals surface area contributed by atoms with Crippen LogP contribution in [-0.4, -0.2) is 97.5 Å². The van der Waals surface area contributed by atoms with Gasteiger partial charge in [-0.3, -0.25) is 33.8 Å². The maximum absolute atomic E-state index is 14.4. The summed E-state index contributed by atoms with van der Waals surface area (Å²) < 4.78 is 0. The van der Waals surface area contributed by atoms with Crippen molar-refractivity contribution in [2.45, 2.75) is 128 Å². The van der Waals surface area contributed by atoms with Crippen LogP contribution in [0.25, 0.3) is 0 Å². The number of ketones is 1. The Bertz CT molecular complexity index is 1730. The van der Waals surface area contributed by atoms with Gasteiger partial charge >= 0.3 is 5.97 Å². The zero-order chi connectivity index (χ0) is 39.9. The fraction of sp³-hybridized carbons (Fsp3) is 0.575. The lowest BCUT2D eigenvalue weighted by Gasteiger charge is -2.34. The van der Waals surface area contributed by atoms with Crippen LogP contribution in [0.2, 0.25) is 0 Å². The summed E-state index contributed by atoms with van der Waals surface area (Å²) in [5.41, 5.74) is -0.0872. The number of nitrogens with one attached hydrogen (secondary N) is 4. The fourth-order valence-electron chi connectivity index (χ4n) is 8.52. The normalized spacial score (nSPS) is 23.5. The number of nitrogens with zero attached hydrogens (tertiary/aromatic N) is 3. The highest BCUT2D eigenvalue weighted by molar-refractivity contribution is 6.38. The quantitative estimate of drug-likeness (QED) is 0.158. The predicted molar refractivity (Wildman–Crippen MR) is 200 cm³/mol. The Morgan fingerprint density at radius 1 is 0.945 bits per heavy atom. The summed E-state index contributed by atoms with van der Waals surface area (Å²) >= 11 is 0. The Kier molecular flexibility index (Phi) is 13.4. The Balaban J connectivity index is 1.31. The van der Waals surface area contributed by atoms with Crippen LogP contribution in [0.3, 0.4) is 0 Å². The molecule has 15 nitrogen and oxygen atoms in total. The number of Topliss-reactive ketones (excluding diaryl/α,β-unsaturated/α-hetero) is 1. The van der Waals surface area contributed by atoms with Gasteiger partial charge in [-0.2, -0.15) is 0 Å². The number of carbonyl (C=O) groups excluding carboxylic acids is 6. The van der Waals surface area contributed by atoms with E-state index in [0.29, 0.717) is 24.8 Å². The van der Waals surface area contributed by atoms with Crippen molar-refractivity contribution in [3.05, 3.63) is 60.2 Å². The topological polar surface area (TPSA) is 217 Å². The van der Waals surface area contributed by atoms with Crippen LogP contribution in [0.1, 0.15) is 102 Å². The van der Waals surface area contributed by atoms with Crippen LogP contribution in [0.15, 0.2) is 48.9 Å². The lowest BCUT2D eigenvalue weighted by atomic mass is 9.77. The molecule has 5 amide bonds. The van der Waals surface area contributed by atoms with E-state index in [1.807, 2.05) is 20.8 Å². The van der Waals surface area contributed by atoms with Crippen molar-refractivity contribution in [1.82, 2.24) is 36.1 Å². The average molecular weight is 760 g/mol. The van der Waals surface area contributed by atoms with Crippen molar-refractivity contribution in [2.24, 2.45) is 17.3 Å². The lowest BCUT2D eigenvalue weighted by Crippen LogP contribution is -2.58. The van der Waals surface area contributed by atoms with E-state index >= 15 is 0 Å².